The molecule has 0 spiro atoms. The minimum atomic E-state index is 0.459. The van der Waals surface area contributed by atoms with Crippen molar-refractivity contribution in [3.63, 3.8) is 0 Å². The Morgan fingerprint density at radius 2 is 0.767 bits per heavy atom. The summed E-state index contributed by atoms with van der Waals surface area (Å²) < 4.78 is 0. The Bertz CT molecular complexity index is 371. The fraction of sp³-hybridized carbons (Fsp3) is 0.931. The van der Waals surface area contributed by atoms with Crippen LogP contribution in [-0.4, -0.2) is 6.04 Å². The van der Waals surface area contributed by atoms with Crippen molar-refractivity contribution in [1.82, 2.24) is 0 Å². The second kappa shape index (κ2) is 23.4. The molecule has 2 N–H and O–H groups in total. The number of unbranched alkanes of at least 4 members (excludes halogenated alkanes) is 15. The van der Waals surface area contributed by atoms with Gasteiger partial charge in [-0.1, -0.05) is 128 Å². The molecule has 0 bridgehead atoms. The highest BCUT2D eigenvalue weighted by atomic mass is 14.6. The van der Waals surface area contributed by atoms with E-state index in [0.717, 1.165) is 0 Å². The molecule has 0 rings (SSSR count). The Balaban J connectivity index is 3.40. The zero-order valence-corrected chi connectivity index (χ0v) is 21.7. The fourth-order valence-electron chi connectivity index (χ4n) is 4.43. The molecular weight excluding hydrogens is 362 g/mol. The molecule has 1 heteroatoms. The van der Waals surface area contributed by atoms with Crippen molar-refractivity contribution in [2.24, 2.45) is 5.73 Å². The molecule has 0 saturated heterocycles. The van der Waals surface area contributed by atoms with Crippen LogP contribution in [0.25, 0.3) is 0 Å². The van der Waals surface area contributed by atoms with Gasteiger partial charge in [0.2, 0.25) is 0 Å². The molecule has 1 unspecified atom stereocenters. The molecule has 30 heavy (non-hydrogen) atoms. The normalized spacial score (nSPS) is 13.5. The summed E-state index contributed by atoms with van der Waals surface area (Å²) in [6, 6.07) is 0.459. The third kappa shape index (κ3) is 21.0. The number of allylic oxidation sites excluding steroid dienone is 2. The van der Waals surface area contributed by atoms with Gasteiger partial charge in [0.05, 0.1) is 0 Å². The Kier molecular flexibility index (Phi) is 23.1. The summed E-state index contributed by atoms with van der Waals surface area (Å²) in [4.78, 5) is 0. The summed E-state index contributed by atoms with van der Waals surface area (Å²) in [7, 11) is 0. The van der Waals surface area contributed by atoms with Gasteiger partial charge < -0.3 is 5.73 Å². The van der Waals surface area contributed by atoms with E-state index in [0.29, 0.717) is 6.04 Å². The molecule has 0 radical (unpaired) electrons. The van der Waals surface area contributed by atoms with Crippen LogP contribution in [0.5, 0.6) is 0 Å². The van der Waals surface area contributed by atoms with E-state index in [2.05, 4.69) is 27.7 Å². The van der Waals surface area contributed by atoms with E-state index in [9.17, 15) is 0 Å². The average Bonchev–Trinajstić information content (AvgIpc) is 2.74. The lowest BCUT2D eigenvalue weighted by molar-refractivity contribution is 0.481. The van der Waals surface area contributed by atoms with Crippen molar-refractivity contribution >= 4 is 0 Å². The lowest BCUT2D eigenvalue weighted by atomic mass is 9.98. The highest BCUT2D eigenvalue weighted by Crippen LogP contribution is 2.19. The molecule has 0 aromatic heterocycles. The largest absolute Gasteiger partial charge is 0.328 e. The van der Waals surface area contributed by atoms with Crippen LogP contribution in [0.4, 0.5) is 0 Å². The summed E-state index contributed by atoms with van der Waals surface area (Å²) in [6.45, 7) is 9.31. The monoisotopic (exact) mass is 421 g/mol. The SMILES string of the molecule is CCCCCCCCCC(N)CCCCCCCCCC(C)=C(C)CCCCCC. The summed E-state index contributed by atoms with van der Waals surface area (Å²) in [5.74, 6) is 0. The van der Waals surface area contributed by atoms with Crippen molar-refractivity contribution in [1.29, 1.82) is 0 Å². The highest BCUT2D eigenvalue weighted by Gasteiger charge is 2.03. The van der Waals surface area contributed by atoms with Crippen molar-refractivity contribution in [3.05, 3.63) is 11.1 Å². The van der Waals surface area contributed by atoms with E-state index in [1.54, 1.807) is 11.1 Å². The summed E-state index contributed by atoms with van der Waals surface area (Å²) in [6.07, 6.45) is 30.3. The molecule has 0 heterocycles. The number of hydrogen-bond acceptors (Lipinski definition) is 1. The topological polar surface area (TPSA) is 26.0 Å². The molecule has 0 aromatic carbocycles. The summed E-state index contributed by atoms with van der Waals surface area (Å²) in [5.41, 5.74) is 9.64. The van der Waals surface area contributed by atoms with Crippen molar-refractivity contribution in [3.8, 4) is 0 Å². The summed E-state index contributed by atoms with van der Waals surface area (Å²) >= 11 is 0. The van der Waals surface area contributed by atoms with Gasteiger partial charge in [-0.25, -0.2) is 0 Å². The number of hydrogen-bond donors (Lipinski definition) is 1. The van der Waals surface area contributed by atoms with Gasteiger partial charge >= 0.3 is 0 Å². The first-order valence-corrected chi connectivity index (χ1v) is 14.0. The standard InChI is InChI=1S/C29H59N/c1-5-7-9-11-13-17-21-25-29(30)26-22-18-15-12-14-16-20-24-28(4)27(3)23-19-10-8-6-2/h29H,5-26,30H2,1-4H3. The zero-order valence-electron chi connectivity index (χ0n) is 21.7. The predicted molar refractivity (Wildman–Crippen MR) is 139 cm³/mol. The van der Waals surface area contributed by atoms with Gasteiger partial charge in [0, 0.05) is 6.04 Å². The molecule has 180 valence electrons. The lowest BCUT2D eigenvalue weighted by Gasteiger charge is -2.11. The van der Waals surface area contributed by atoms with E-state index >= 15 is 0 Å². The Hall–Kier alpha value is -0.300. The maximum absolute atomic E-state index is 6.31. The van der Waals surface area contributed by atoms with Crippen LogP contribution in [0.15, 0.2) is 11.1 Å². The van der Waals surface area contributed by atoms with Crippen LogP contribution in [0.3, 0.4) is 0 Å². The van der Waals surface area contributed by atoms with Crippen LogP contribution in [0, 0.1) is 0 Å². The molecule has 1 atom stereocenters. The molecule has 1 nitrogen and oxygen atoms in total. The van der Waals surface area contributed by atoms with Crippen molar-refractivity contribution in [2.45, 2.75) is 175 Å². The van der Waals surface area contributed by atoms with Crippen LogP contribution >= 0.6 is 0 Å². The Morgan fingerprint density at radius 1 is 0.467 bits per heavy atom. The zero-order chi connectivity index (χ0) is 22.3. The third-order valence-electron chi connectivity index (χ3n) is 6.94. The Morgan fingerprint density at radius 3 is 1.17 bits per heavy atom. The first-order chi connectivity index (χ1) is 14.6. The van der Waals surface area contributed by atoms with Gasteiger partial charge in [-0.3, -0.25) is 0 Å². The summed E-state index contributed by atoms with van der Waals surface area (Å²) in [5, 5.41) is 0. The fourth-order valence-corrected chi connectivity index (χ4v) is 4.43. The molecule has 0 aliphatic rings. The Labute approximate surface area is 192 Å². The first kappa shape index (κ1) is 29.7. The van der Waals surface area contributed by atoms with E-state index in [1.165, 1.54) is 141 Å². The molecule has 0 aliphatic carbocycles. The second-order valence-electron chi connectivity index (χ2n) is 10.1. The van der Waals surface area contributed by atoms with Gasteiger partial charge in [-0.2, -0.15) is 0 Å². The van der Waals surface area contributed by atoms with Crippen LogP contribution < -0.4 is 5.73 Å². The van der Waals surface area contributed by atoms with Gasteiger partial charge in [0.25, 0.3) is 0 Å². The predicted octanol–water partition coefficient (Wildman–Crippen LogP) is 10.3. The number of rotatable bonds is 23. The third-order valence-corrected chi connectivity index (χ3v) is 6.94. The van der Waals surface area contributed by atoms with Gasteiger partial charge in [0.15, 0.2) is 0 Å². The molecule has 0 aliphatic heterocycles. The molecule has 0 saturated carbocycles. The van der Waals surface area contributed by atoms with E-state index < -0.39 is 0 Å². The van der Waals surface area contributed by atoms with Gasteiger partial charge in [0.1, 0.15) is 0 Å². The van der Waals surface area contributed by atoms with E-state index in [1.807, 2.05) is 0 Å². The maximum Gasteiger partial charge on any atom is 0.00388 e. The van der Waals surface area contributed by atoms with Crippen LogP contribution in [-0.2, 0) is 0 Å². The van der Waals surface area contributed by atoms with E-state index in [-0.39, 0.29) is 0 Å². The molecular formula is C29H59N. The quantitative estimate of drug-likeness (QED) is 0.129. The lowest BCUT2D eigenvalue weighted by Crippen LogP contribution is -2.19. The number of nitrogens with two attached hydrogens (primary N) is 1. The van der Waals surface area contributed by atoms with Gasteiger partial charge in [-0.05, 0) is 52.4 Å². The van der Waals surface area contributed by atoms with Crippen LogP contribution in [0.1, 0.15) is 169 Å². The van der Waals surface area contributed by atoms with Crippen molar-refractivity contribution in [2.75, 3.05) is 0 Å². The molecule has 0 fully saturated rings. The average molecular weight is 422 g/mol. The second-order valence-corrected chi connectivity index (χ2v) is 10.1. The smallest absolute Gasteiger partial charge is 0.00388 e. The first-order valence-electron chi connectivity index (χ1n) is 14.0. The minimum absolute atomic E-state index is 0.459. The maximum atomic E-state index is 6.31. The van der Waals surface area contributed by atoms with Crippen LogP contribution in [0.2, 0.25) is 0 Å². The van der Waals surface area contributed by atoms with E-state index in [4.69, 9.17) is 5.73 Å². The minimum Gasteiger partial charge on any atom is -0.328 e. The highest BCUT2D eigenvalue weighted by molar-refractivity contribution is 5.09. The molecule has 0 amide bonds. The van der Waals surface area contributed by atoms with Gasteiger partial charge in [-0.15, -0.1) is 0 Å². The van der Waals surface area contributed by atoms with Crippen molar-refractivity contribution < 1.29 is 0 Å². The molecule has 0 aromatic rings.